The first-order valence-electron chi connectivity index (χ1n) is 7.24. The van der Waals surface area contributed by atoms with E-state index >= 15 is 0 Å². The third kappa shape index (κ3) is 4.06. The summed E-state index contributed by atoms with van der Waals surface area (Å²) in [6.07, 6.45) is 5.99. The molecule has 1 aromatic heterocycles. The Morgan fingerprint density at radius 2 is 2.11 bits per heavy atom. The van der Waals surface area contributed by atoms with Crippen molar-refractivity contribution in [3.8, 4) is 5.88 Å². The van der Waals surface area contributed by atoms with E-state index in [2.05, 4.69) is 27.1 Å². The molecular formula is C14H24N4O. The van der Waals surface area contributed by atoms with Gasteiger partial charge in [0.05, 0.1) is 19.0 Å². The molecule has 0 radical (unpaired) electrons. The van der Waals surface area contributed by atoms with Crippen LogP contribution in [0.1, 0.15) is 26.7 Å². The van der Waals surface area contributed by atoms with Crippen LogP contribution in [0.3, 0.4) is 0 Å². The summed E-state index contributed by atoms with van der Waals surface area (Å²) in [7, 11) is 0. The average Bonchev–Trinajstić information content (AvgIpc) is 2.46. The van der Waals surface area contributed by atoms with Crippen LogP contribution in [0.4, 0.5) is 5.82 Å². The number of aromatic nitrogens is 2. The van der Waals surface area contributed by atoms with Gasteiger partial charge in [-0.3, -0.25) is 4.98 Å². The molecule has 5 heteroatoms. The minimum atomic E-state index is 0.615. The summed E-state index contributed by atoms with van der Waals surface area (Å²) in [4.78, 5) is 11.0. The van der Waals surface area contributed by atoms with E-state index in [0.29, 0.717) is 12.5 Å². The number of piperidine rings is 1. The van der Waals surface area contributed by atoms with Gasteiger partial charge >= 0.3 is 0 Å². The van der Waals surface area contributed by atoms with Crippen molar-refractivity contribution in [2.24, 2.45) is 5.92 Å². The normalized spacial score (nSPS) is 16.3. The first-order valence-corrected chi connectivity index (χ1v) is 7.24. The number of hydrogen-bond acceptors (Lipinski definition) is 5. The van der Waals surface area contributed by atoms with Crippen LogP contribution in [-0.2, 0) is 0 Å². The average molecular weight is 264 g/mol. The Kier molecular flexibility index (Phi) is 5.39. The van der Waals surface area contributed by atoms with Crippen molar-refractivity contribution in [1.29, 1.82) is 0 Å². The van der Waals surface area contributed by atoms with E-state index in [-0.39, 0.29) is 0 Å². The van der Waals surface area contributed by atoms with Gasteiger partial charge in [0, 0.05) is 13.1 Å². The van der Waals surface area contributed by atoms with E-state index in [4.69, 9.17) is 4.74 Å². The second-order valence-electron chi connectivity index (χ2n) is 4.88. The van der Waals surface area contributed by atoms with E-state index in [9.17, 15) is 0 Å². The van der Waals surface area contributed by atoms with Crippen LogP contribution in [0.15, 0.2) is 12.4 Å². The molecule has 0 unspecified atom stereocenters. The van der Waals surface area contributed by atoms with E-state index in [1.54, 1.807) is 6.20 Å². The molecule has 1 aliphatic rings. The van der Waals surface area contributed by atoms with Gasteiger partial charge in [-0.2, -0.15) is 4.98 Å². The lowest BCUT2D eigenvalue weighted by molar-refractivity contribution is 0.324. The molecule has 2 rings (SSSR count). The highest BCUT2D eigenvalue weighted by molar-refractivity contribution is 5.37. The number of hydrogen-bond donors (Lipinski definition) is 1. The Bertz CT molecular complexity index is 379. The second-order valence-corrected chi connectivity index (χ2v) is 4.88. The molecule has 1 fully saturated rings. The number of nitrogens with zero attached hydrogens (tertiary/aromatic N) is 3. The summed E-state index contributed by atoms with van der Waals surface area (Å²) in [5.41, 5.74) is 0. The molecular weight excluding hydrogens is 240 g/mol. The maximum atomic E-state index is 5.42. The molecule has 1 N–H and O–H groups in total. The van der Waals surface area contributed by atoms with Crippen molar-refractivity contribution in [3.05, 3.63) is 12.4 Å². The first kappa shape index (κ1) is 14.1. The predicted octanol–water partition coefficient (Wildman–Crippen LogP) is 1.70. The zero-order valence-electron chi connectivity index (χ0n) is 11.9. The summed E-state index contributed by atoms with van der Waals surface area (Å²) in [6, 6.07) is 0. The maximum Gasteiger partial charge on any atom is 0.234 e. The third-order valence-corrected chi connectivity index (χ3v) is 3.53. The molecule has 1 saturated heterocycles. The molecule has 2 heterocycles. The monoisotopic (exact) mass is 264 g/mol. The number of nitrogens with one attached hydrogen (secondary N) is 1. The molecule has 0 spiro atoms. The van der Waals surface area contributed by atoms with Crippen molar-refractivity contribution >= 4 is 5.82 Å². The minimum absolute atomic E-state index is 0.615. The standard InChI is InChI=1S/C14H24N4O/c1-3-18(11-12-5-7-15-8-6-12)13-9-16-10-14(17-13)19-4-2/h9-10,12,15H,3-8,11H2,1-2H3. The third-order valence-electron chi connectivity index (χ3n) is 3.53. The van der Waals surface area contributed by atoms with Crippen LogP contribution in [0.25, 0.3) is 0 Å². The zero-order valence-corrected chi connectivity index (χ0v) is 11.9. The summed E-state index contributed by atoms with van der Waals surface area (Å²) in [5.74, 6) is 2.29. The molecule has 0 aromatic carbocycles. The van der Waals surface area contributed by atoms with Gasteiger partial charge in [0.2, 0.25) is 5.88 Å². The molecule has 0 amide bonds. The van der Waals surface area contributed by atoms with Gasteiger partial charge in [0.15, 0.2) is 5.82 Å². The van der Waals surface area contributed by atoms with Crippen molar-refractivity contribution in [1.82, 2.24) is 15.3 Å². The van der Waals surface area contributed by atoms with Crippen LogP contribution in [0, 0.1) is 5.92 Å². The zero-order chi connectivity index (χ0) is 13.5. The van der Waals surface area contributed by atoms with Crippen molar-refractivity contribution < 1.29 is 4.74 Å². The van der Waals surface area contributed by atoms with Gasteiger partial charge in [-0.15, -0.1) is 0 Å². The van der Waals surface area contributed by atoms with Gasteiger partial charge < -0.3 is 15.0 Å². The molecule has 106 valence electrons. The van der Waals surface area contributed by atoms with E-state index in [1.165, 1.54) is 12.8 Å². The fourth-order valence-electron chi connectivity index (χ4n) is 2.47. The highest BCUT2D eigenvalue weighted by atomic mass is 16.5. The molecule has 0 aliphatic carbocycles. The summed E-state index contributed by atoms with van der Waals surface area (Å²) in [6.45, 7) is 9.02. The van der Waals surface area contributed by atoms with E-state index in [0.717, 1.165) is 37.9 Å². The van der Waals surface area contributed by atoms with Crippen LogP contribution < -0.4 is 15.0 Å². The van der Waals surface area contributed by atoms with Crippen LogP contribution in [0.5, 0.6) is 5.88 Å². The van der Waals surface area contributed by atoms with E-state index < -0.39 is 0 Å². The van der Waals surface area contributed by atoms with Gasteiger partial charge in [-0.05, 0) is 45.7 Å². The van der Waals surface area contributed by atoms with Crippen molar-refractivity contribution in [2.45, 2.75) is 26.7 Å². The van der Waals surface area contributed by atoms with Crippen LogP contribution in [-0.4, -0.2) is 42.8 Å². The number of ether oxygens (including phenoxy) is 1. The van der Waals surface area contributed by atoms with Crippen molar-refractivity contribution in [2.75, 3.05) is 37.7 Å². The van der Waals surface area contributed by atoms with Gasteiger partial charge in [0.1, 0.15) is 0 Å². The Morgan fingerprint density at radius 1 is 1.32 bits per heavy atom. The highest BCUT2D eigenvalue weighted by Gasteiger charge is 2.17. The smallest absolute Gasteiger partial charge is 0.234 e. The number of anilines is 1. The SMILES string of the molecule is CCOc1cncc(N(CC)CC2CCNCC2)n1. The van der Waals surface area contributed by atoms with Gasteiger partial charge in [0.25, 0.3) is 0 Å². The minimum Gasteiger partial charge on any atom is -0.477 e. The Hall–Kier alpha value is -1.36. The summed E-state index contributed by atoms with van der Waals surface area (Å²) < 4.78 is 5.42. The predicted molar refractivity (Wildman–Crippen MR) is 76.7 cm³/mol. The first-order chi connectivity index (χ1) is 9.33. The second kappa shape index (κ2) is 7.28. The van der Waals surface area contributed by atoms with Gasteiger partial charge in [-0.1, -0.05) is 0 Å². The molecule has 1 aromatic rings. The van der Waals surface area contributed by atoms with Gasteiger partial charge in [-0.25, -0.2) is 0 Å². The molecule has 0 bridgehead atoms. The lowest BCUT2D eigenvalue weighted by atomic mass is 9.97. The molecule has 19 heavy (non-hydrogen) atoms. The summed E-state index contributed by atoms with van der Waals surface area (Å²) in [5, 5.41) is 3.41. The molecule has 1 aliphatic heterocycles. The quantitative estimate of drug-likeness (QED) is 0.847. The lowest BCUT2D eigenvalue weighted by Crippen LogP contribution is -2.36. The lowest BCUT2D eigenvalue weighted by Gasteiger charge is -2.30. The fraction of sp³-hybridized carbons (Fsp3) is 0.714. The molecule has 0 saturated carbocycles. The Morgan fingerprint density at radius 3 is 2.79 bits per heavy atom. The molecule has 0 atom stereocenters. The maximum absolute atomic E-state index is 5.42. The summed E-state index contributed by atoms with van der Waals surface area (Å²) >= 11 is 0. The fourth-order valence-corrected chi connectivity index (χ4v) is 2.47. The largest absolute Gasteiger partial charge is 0.477 e. The molecule has 5 nitrogen and oxygen atoms in total. The van der Waals surface area contributed by atoms with E-state index in [1.807, 2.05) is 13.1 Å². The Balaban J connectivity index is 2.01. The highest BCUT2D eigenvalue weighted by Crippen LogP contribution is 2.19. The van der Waals surface area contributed by atoms with Crippen molar-refractivity contribution in [3.63, 3.8) is 0 Å². The number of rotatable bonds is 6. The van der Waals surface area contributed by atoms with Crippen LogP contribution in [0.2, 0.25) is 0 Å². The van der Waals surface area contributed by atoms with Crippen LogP contribution >= 0.6 is 0 Å². The Labute approximate surface area is 115 Å². The topological polar surface area (TPSA) is 50.3 Å².